The molecule has 3 heteroatoms. The topological polar surface area (TPSA) is 41.5 Å². The van der Waals surface area contributed by atoms with Crippen molar-refractivity contribution in [3.05, 3.63) is 23.8 Å². The molecule has 18 heavy (non-hydrogen) atoms. The number of benzene rings is 1. The summed E-state index contributed by atoms with van der Waals surface area (Å²) < 4.78 is 5.08. The van der Waals surface area contributed by atoms with Gasteiger partial charge in [-0.15, -0.1) is 0 Å². The molecule has 0 radical (unpaired) electrons. The Kier molecular flexibility index (Phi) is 5.48. The minimum Gasteiger partial charge on any atom is -0.507 e. The Morgan fingerprint density at radius 1 is 1.22 bits per heavy atom. The molecule has 0 heterocycles. The van der Waals surface area contributed by atoms with Crippen LogP contribution in [0.2, 0.25) is 0 Å². The highest BCUT2D eigenvalue weighted by atomic mass is 16.5. The molecule has 1 aromatic rings. The molecule has 0 aliphatic carbocycles. The average molecular weight is 251 g/mol. The van der Waals surface area contributed by atoms with Crippen LogP contribution in [0.1, 0.15) is 45.7 Å². The van der Waals surface area contributed by atoms with Crippen molar-refractivity contribution < 1.29 is 9.84 Å². The van der Waals surface area contributed by atoms with Crippen LogP contribution in [-0.2, 0) is 0 Å². The molecule has 0 amide bonds. The molecule has 2 N–H and O–H groups in total. The molecule has 0 aliphatic rings. The van der Waals surface area contributed by atoms with E-state index in [1.54, 1.807) is 13.2 Å². The Balaban J connectivity index is 2.69. The summed E-state index contributed by atoms with van der Waals surface area (Å²) in [5, 5.41) is 13.5. The first kappa shape index (κ1) is 14.8. The Morgan fingerprint density at radius 3 is 2.39 bits per heavy atom. The summed E-state index contributed by atoms with van der Waals surface area (Å²) in [6.07, 6.45) is 1.13. The van der Waals surface area contributed by atoms with Crippen molar-refractivity contribution in [2.24, 2.45) is 5.92 Å². The van der Waals surface area contributed by atoms with Crippen LogP contribution < -0.4 is 10.1 Å². The van der Waals surface area contributed by atoms with Crippen LogP contribution in [0.25, 0.3) is 0 Å². The highest BCUT2D eigenvalue weighted by molar-refractivity contribution is 5.41. The molecule has 0 saturated heterocycles. The highest BCUT2D eigenvalue weighted by Crippen LogP contribution is 2.28. The summed E-state index contributed by atoms with van der Waals surface area (Å²) in [6.45, 7) is 8.68. The van der Waals surface area contributed by atoms with Gasteiger partial charge < -0.3 is 15.2 Å². The van der Waals surface area contributed by atoms with E-state index in [0.29, 0.717) is 17.7 Å². The largest absolute Gasteiger partial charge is 0.507 e. The molecular weight excluding hydrogens is 226 g/mol. The van der Waals surface area contributed by atoms with Crippen LogP contribution in [0.15, 0.2) is 18.2 Å². The Morgan fingerprint density at radius 2 is 1.89 bits per heavy atom. The number of nitrogens with one attached hydrogen (secondary N) is 1. The minimum absolute atomic E-state index is 0.129. The lowest BCUT2D eigenvalue weighted by Gasteiger charge is -2.22. The first-order valence-electron chi connectivity index (χ1n) is 6.57. The zero-order valence-corrected chi connectivity index (χ0v) is 12.0. The van der Waals surface area contributed by atoms with Gasteiger partial charge in [0.1, 0.15) is 11.5 Å². The molecule has 0 saturated carbocycles. The molecule has 3 nitrogen and oxygen atoms in total. The number of methoxy groups -OCH3 is 1. The lowest BCUT2D eigenvalue weighted by molar-refractivity contribution is 0.388. The van der Waals surface area contributed by atoms with Crippen molar-refractivity contribution in [3.63, 3.8) is 0 Å². The van der Waals surface area contributed by atoms with Gasteiger partial charge in [0.25, 0.3) is 0 Å². The third-order valence-electron chi connectivity index (χ3n) is 3.06. The quantitative estimate of drug-likeness (QED) is 0.813. The van der Waals surface area contributed by atoms with Gasteiger partial charge in [0.05, 0.1) is 7.11 Å². The van der Waals surface area contributed by atoms with Crippen molar-refractivity contribution in [2.75, 3.05) is 7.11 Å². The van der Waals surface area contributed by atoms with Crippen molar-refractivity contribution >= 4 is 0 Å². The predicted molar refractivity (Wildman–Crippen MR) is 75.1 cm³/mol. The third kappa shape index (κ3) is 4.22. The SMILES string of the molecule is COc1ccc(C(C)NC(C)CC(C)C)c(O)c1. The summed E-state index contributed by atoms with van der Waals surface area (Å²) in [6, 6.07) is 6.00. The van der Waals surface area contributed by atoms with Gasteiger partial charge in [-0.3, -0.25) is 0 Å². The third-order valence-corrected chi connectivity index (χ3v) is 3.06. The summed E-state index contributed by atoms with van der Waals surface area (Å²) in [7, 11) is 1.60. The van der Waals surface area contributed by atoms with E-state index in [2.05, 4.69) is 33.0 Å². The Hall–Kier alpha value is -1.22. The average Bonchev–Trinajstić information content (AvgIpc) is 2.27. The van der Waals surface area contributed by atoms with Crippen LogP contribution in [0.4, 0.5) is 0 Å². The van der Waals surface area contributed by atoms with Gasteiger partial charge in [-0.1, -0.05) is 19.9 Å². The van der Waals surface area contributed by atoms with Crippen molar-refractivity contribution in [1.29, 1.82) is 0 Å². The van der Waals surface area contributed by atoms with Crippen LogP contribution in [0.5, 0.6) is 11.5 Å². The van der Waals surface area contributed by atoms with Crippen molar-refractivity contribution in [1.82, 2.24) is 5.32 Å². The maximum atomic E-state index is 9.97. The molecule has 2 atom stereocenters. The van der Waals surface area contributed by atoms with E-state index in [1.165, 1.54) is 0 Å². The second-order valence-corrected chi connectivity index (χ2v) is 5.34. The van der Waals surface area contributed by atoms with Gasteiger partial charge in [-0.25, -0.2) is 0 Å². The van der Waals surface area contributed by atoms with Gasteiger partial charge in [0.2, 0.25) is 0 Å². The fourth-order valence-corrected chi connectivity index (χ4v) is 2.31. The number of phenolic OH excluding ortho intramolecular Hbond substituents is 1. The zero-order valence-electron chi connectivity index (χ0n) is 12.0. The summed E-state index contributed by atoms with van der Waals surface area (Å²) >= 11 is 0. The molecule has 2 unspecified atom stereocenters. The predicted octanol–water partition coefficient (Wildman–Crippen LogP) is 3.49. The summed E-state index contributed by atoms with van der Waals surface area (Å²) in [5.74, 6) is 1.63. The maximum Gasteiger partial charge on any atom is 0.124 e. The molecule has 0 fully saturated rings. The summed E-state index contributed by atoms with van der Waals surface area (Å²) in [4.78, 5) is 0. The fourth-order valence-electron chi connectivity index (χ4n) is 2.31. The molecule has 0 spiro atoms. The monoisotopic (exact) mass is 251 g/mol. The number of rotatable bonds is 6. The number of hydrogen-bond acceptors (Lipinski definition) is 3. The molecule has 0 aliphatic heterocycles. The second-order valence-electron chi connectivity index (χ2n) is 5.34. The Bertz CT molecular complexity index is 377. The van der Waals surface area contributed by atoms with Gasteiger partial charge in [-0.2, -0.15) is 0 Å². The van der Waals surface area contributed by atoms with E-state index in [4.69, 9.17) is 4.74 Å². The molecule has 102 valence electrons. The molecule has 0 aromatic heterocycles. The zero-order chi connectivity index (χ0) is 13.7. The fraction of sp³-hybridized carbons (Fsp3) is 0.600. The van der Waals surface area contributed by atoms with Crippen molar-refractivity contribution in [3.8, 4) is 11.5 Å². The van der Waals surface area contributed by atoms with Gasteiger partial charge in [-0.05, 0) is 32.3 Å². The van der Waals surface area contributed by atoms with Crippen LogP contribution in [0.3, 0.4) is 0 Å². The van der Waals surface area contributed by atoms with E-state index in [1.807, 2.05) is 12.1 Å². The normalized spacial score (nSPS) is 14.6. The molecule has 1 rings (SSSR count). The molecule has 0 bridgehead atoms. The van der Waals surface area contributed by atoms with Gasteiger partial charge in [0.15, 0.2) is 0 Å². The lowest BCUT2D eigenvalue weighted by Crippen LogP contribution is -2.30. The number of hydrogen-bond donors (Lipinski definition) is 2. The van der Waals surface area contributed by atoms with Crippen LogP contribution in [-0.4, -0.2) is 18.3 Å². The first-order valence-corrected chi connectivity index (χ1v) is 6.57. The van der Waals surface area contributed by atoms with Gasteiger partial charge in [0, 0.05) is 23.7 Å². The van der Waals surface area contributed by atoms with E-state index in [-0.39, 0.29) is 11.8 Å². The van der Waals surface area contributed by atoms with Crippen LogP contribution >= 0.6 is 0 Å². The standard InChI is InChI=1S/C15H25NO2/c1-10(2)8-11(3)16-12(4)14-7-6-13(18-5)9-15(14)17/h6-7,9-12,16-17H,8H2,1-5H3. The molecule has 1 aromatic carbocycles. The van der Waals surface area contributed by atoms with E-state index in [0.717, 1.165) is 12.0 Å². The molecular formula is C15H25NO2. The smallest absolute Gasteiger partial charge is 0.124 e. The Labute approximate surface area is 110 Å². The number of phenols is 1. The minimum atomic E-state index is 0.129. The maximum absolute atomic E-state index is 9.97. The lowest BCUT2D eigenvalue weighted by atomic mass is 10.0. The van der Waals surface area contributed by atoms with Gasteiger partial charge >= 0.3 is 0 Å². The van der Waals surface area contributed by atoms with E-state index in [9.17, 15) is 5.11 Å². The number of ether oxygens (including phenoxy) is 1. The first-order chi connectivity index (χ1) is 8.43. The summed E-state index contributed by atoms with van der Waals surface area (Å²) in [5.41, 5.74) is 0.909. The number of aromatic hydroxyl groups is 1. The van der Waals surface area contributed by atoms with Crippen LogP contribution in [0, 0.1) is 5.92 Å². The van der Waals surface area contributed by atoms with E-state index < -0.39 is 0 Å². The van der Waals surface area contributed by atoms with E-state index >= 15 is 0 Å². The van der Waals surface area contributed by atoms with Crippen molar-refractivity contribution in [2.45, 2.75) is 46.2 Å². The highest BCUT2D eigenvalue weighted by Gasteiger charge is 2.14. The second kappa shape index (κ2) is 6.64.